The lowest BCUT2D eigenvalue weighted by Crippen LogP contribution is -2.31. The number of amides is 3. The van der Waals surface area contributed by atoms with Crippen molar-refractivity contribution in [2.45, 2.75) is 5.92 Å². The van der Waals surface area contributed by atoms with Crippen molar-refractivity contribution in [2.75, 3.05) is 28.0 Å². The third-order valence-electron chi connectivity index (χ3n) is 6.95. The molecule has 3 N–H and O–H groups in total. The van der Waals surface area contributed by atoms with E-state index >= 15 is 0 Å². The molecule has 0 fully saturated rings. The minimum Gasteiger partial charge on any atom is -0.508 e. The lowest BCUT2D eigenvalue weighted by atomic mass is 10.0. The third-order valence-corrected chi connectivity index (χ3v) is 7.32. The van der Waals surface area contributed by atoms with E-state index in [0.717, 1.165) is 5.56 Å². The monoisotopic (exact) mass is 562 g/mol. The molecule has 40 heavy (non-hydrogen) atoms. The number of phenols is 1. The van der Waals surface area contributed by atoms with Crippen LogP contribution in [0.2, 0.25) is 0 Å². The molecule has 1 aliphatic rings. The highest BCUT2D eigenvalue weighted by Gasteiger charge is 2.34. The van der Waals surface area contributed by atoms with Gasteiger partial charge in [0.1, 0.15) is 22.8 Å². The molecular weight excluding hydrogens is 536 g/mol. The normalized spacial score (nSPS) is 14.2. The quantitative estimate of drug-likeness (QED) is 0.233. The second kappa shape index (κ2) is 10.4. The van der Waals surface area contributed by atoms with E-state index in [1.165, 1.54) is 12.1 Å². The second-order valence-corrected chi connectivity index (χ2v) is 10.1. The number of hydrogen-bond acceptors (Lipinski definition) is 5. The zero-order valence-electron chi connectivity index (χ0n) is 22.0. The Labute approximate surface area is 234 Å². The van der Waals surface area contributed by atoms with Gasteiger partial charge >= 0.3 is 0 Å². The molecule has 0 spiro atoms. The molecule has 4 aromatic rings. The van der Waals surface area contributed by atoms with Gasteiger partial charge in [-0.2, -0.15) is 0 Å². The summed E-state index contributed by atoms with van der Waals surface area (Å²) in [7, 11) is 5.04. The number of nitrogens with zero attached hydrogens (tertiary/aromatic N) is 4. The zero-order valence-corrected chi connectivity index (χ0v) is 22.8. The first-order chi connectivity index (χ1) is 19.1. The Kier molecular flexibility index (Phi) is 6.99. The molecule has 206 valence electrons. The number of fused-ring (bicyclic) bond motifs is 1. The van der Waals surface area contributed by atoms with Gasteiger partial charge in [-0.25, -0.2) is 0 Å². The van der Waals surface area contributed by atoms with Crippen LogP contribution in [0.1, 0.15) is 53.3 Å². The van der Waals surface area contributed by atoms with Gasteiger partial charge in [0.15, 0.2) is 6.29 Å². The molecule has 1 atom stereocenters. The van der Waals surface area contributed by atoms with Crippen molar-refractivity contribution in [3.8, 4) is 5.75 Å². The van der Waals surface area contributed by atoms with Crippen LogP contribution >= 0.6 is 11.6 Å². The number of phenolic OH excluding ortho intramolecular Hbond substituents is 1. The average Bonchev–Trinajstić information content (AvgIpc) is 3.67. The van der Waals surface area contributed by atoms with Crippen molar-refractivity contribution in [3.05, 3.63) is 83.2 Å². The largest absolute Gasteiger partial charge is 0.508 e. The van der Waals surface area contributed by atoms with E-state index in [0.29, 0.717) is 52.7 Å². The fourth-order valence-corrected chi connectivity index (χ4v) is 5.23. The minimum absolute atomic E-state index is 0.0543. The molecule has 3 aromatic heterocycles. The molecular formula is C28H27ClN6O5. The summed E-state index contributed by atoms with van der Waals surface area (Å²) in [4.78, 5) is 51.9. The summed E-state index contributed by atoms with van der Waals surface area (Å²) in [6.07, 6.45) is 5.45. The summed E-state index contributed by atoms with van der Waals surface area (Å²) in [5, 5.41) is 15.5. The van der Waals surface area contributed by atoms with Crippen LogP contribution < -0.4 is 15.5 Å². The molecule has 0 bridgehead atoms. The van der Waals surface area contributed by atoms with E-state index in [-0.39, 0.29) is 23.3 Å². The second-order valence-electron chi connectivity index (χ2n) is 9.76. The molecule has 1 aliphatic heterocycles. The molecule has 5 rings (SSSR count). The maximum Gasteiger partial charge on any atom is 0.274 e. The average molecular weight is 563 g/mol. The van der Waals surface area contributed by atoms with Crippen LogP contribution in [-0.2, 0) is 21.1 Å². The van der Waals surface area contributed by atoms with E-state index in [4.69, 9.17) is 11.6 Å². The molecule has 1 aromatic carbocycles. The number of aldehydes is 1. The number of aromatic nitrogens is 3. The van der Waals surface area contributed by atoms with Crippen LogP contribution in [0.15, 0.2) is 55.0 Å². The Balaban J connectivity index is 1.31. The van der Waals surface area contributed by atoms with Gasteiger partial charge in [0.05, 0.1) is 17.1 Å². The van der Waals surface area contributed by atoms with Gasteiger partial charge in [-0.15, -0.1) is 11.6 Å². The van der Waals surface area contributed by atoms with Gasteiger partial charge in [-0.3, -0.25) is 19.2 Å². The number of alkyl halides is 1. The Morgan fingerprint density at radius 1 is 0.900 bits per heavy atom. The number of rotatable bonds is 7. The fourth-order valence-electron chi connectivity index (χ4n) is 4.97. The highest BCUT2D eigenvalue weighted by molar-refractivity contribution is 6.19. The van der Waals surface area contributed by atoms with Gasteiger partial charge in [0.25, 0.3) is 17.7 Å². The standard InChI is InChI=1S/C28H27ClN6O5/c1-32-11-16(15-36)6-23(32)26(38)30-18-7-24(33(2)13-18)27(39)31-19-8-25(34(3)14-19)28(40)35-12-17(10-29)21-5-4-20(37)9-22(21)35/h4-9,11,13-15,17,37H,10,12H2,1-3H3,(H,30,38)(H,31,39)/t17-/m0/s1. The van der Waals surface area contributed by atoms with Crippen molar-refractivity contribution >= 4 is 52.7 Å². The van der Waals surface area contributed by atoms with E-state index < -0.39 is 11.8 Å². The molecule has 0 unspecified atom stereocenters. The maximum absolute atomic E-state index is 13.5. The number of carbonyl (C=O) groups excluding carboxylic acids is 4. The number of carbonyl (C=O) groups is 4. The highest BCUT2D eigenvalue weighted by Crippen LogP contribution is 2.40. The molecule has 0 aliphatic carbocycles. The minimum atomic E-state index is -0.437. The number of aromatic hydroxyl groups is 1. The number of anilines is 3. The number of halogens is 1. The Morgan fingerprint density at radius 3 is 2.08 bits per heavy atom. The number of aryl methyl sites for hydroxylation is 3. The van der Waals surface area contributed by atoms with Crippen molar-refractivity contribution in [1.82, 2.24) is 13.7 Å². The zero-order chi connectivity index (χ0) is 28.7. The lowest BCUT2D eigenvalue weighted by molar-refractivity contribution is 0.0977. The van der Waals surface area contributed by atoms with Crippen LogP contribution in [0.3, 0.4) is 0 Å². The first-order valence-electron chi connectivity index (χ1n) is 12.4. The van der Waals surface area contributed by atoms with Gasteiger partial charge in [0, 0.05) is 69.7 Å². The third kappa shape index (κ3) is 4.87. The van der Waals surface area contributed by atoms with Gasteiger partial charge < -0.3 is 34.3 Å². The predicted molar refractivity (Wildman–Crippen MR) is 151 cm³/mol. The summed E-state index contributed by atoms with van der Waals surface area (Å²) < 4.78 is 4.74. The van der Waals surface area contributed by atoms with Gasteiger partial charge in [-0.1, -0.05) is 6.07 Å². The first kappa shape index (κ1) is 26.8. The summed E-state index contributed by atoms with van der Waals surface area (Å²) in [5.41, 5.74) is 3.63. The molecule has 11 nitrogen and oxygen atoms in total. The van der Waals surface area contributed by atoms with Crippen LogP contribution in [0, 0.1) is 0 Å². The molecule has 0 radical (unpaired) electrons. The van der Waals surface area contributed by atoms with Crippen molar-refractivity contribution < 1.29 is 24.3 Å². The van der Waals surface area contributed by atoms with Crippen molar-refractivity contribution in [2.24, 2.45) is 21.1 Å². The van der Waals surface area contributed by atoms with Crippen LogP contribution in [0.4, 0.5) is 17.1 Å². The smallest absolute Gasteiger partial charge is 0.274 e. The first-order valence-corrected chi connectivity index (χ1v) is 12.9. The summed E-state index contributed by atoms with van der Waals surface area (Å²) in [6, 6.07) is 9.51. The number of benzene rings is 1. The Morgan fingerprint density at radius 2 is 1.48 bits per heavy atom. The van der Waals surface area contributed by atoms with E-state index in [1.807, 2.05) is 0 Å². The summed E-state index contributed by atoms with van der Waals surface area (Å²) in [5.74, 6) is -0.814. The van der Waals surface area contributed by atoms with E-state index in [9.17, 15) is 24.3 Å². The van der Waals surface area contributed by atoms with E-state index in [2.05, 4.69) is 10.6 Å². The Hall–Kier alpha value is -4.77. The van der Waals surface area contributed by atoms with Crippen LogP contribution in [0.5, 0.6) is 5.75 Å². The molecule has 0 saturated heterocycles. The topological polar surface area (TPSA) is 131 Å². The highest BCUT2D eigenvalue weighted by atomic mass is 35.5. The van der Waals surface area contributed by atoms with E-state index in [1.54, 1.807) is 82.6 Å². The summed E-state index contributed by atoms with van der Waals surface area (Å²) in [6.45, 7) is 0.380. The molecule has 12 heteroatoms. The summed E-state index contributed by atoms with van der Waals surface area (Å²) >= 11 is 6.14. The predicted octanol–water partition coefficient (Wildman–Crippen LogP) is 3.71. The Bertz CT molecular complexity index is 1670. The number of nitrogens with one attached hydrogen (secondary N) is 2. The van der Waals surface area contributed by atoms with Crippen LogP contribution in [0.25, 0.3) is 0 Å². The van der Waals surface area contributed by atoms with Crippen molar-refractivity contribution in [1.29, 1.82) is 0 Å². The maximum atomic E-state index is 13.5. The number of hydrogen-bond donors (Lipinski definition) is 3. The molecule has 0 saturated carbocycles. The molecule has 3 amide bonds. The SMILES string of the molecule is Cn1cc(C=O)cc1C(=O)Nc1cc(C(=O)Nc2cc(C(=O)N3C[C@H](CCl)c4ccc(O)cc43)n(C)c2)n(C)c1. The van der Waals surface area contributed by atoms with Gasteiger partial charge in [-0.05, 0) is 29.8 Å². The van der Waals surface area contributed by atoms with Gasteiger partial charge in [0.2, 0.25) is 0 Å². The van der Waals surface area contributed by atoms with Crippen LogP contribution in [-0.4, -0.2) is 55.2 Å². The fraction of sp³-hybridized carbons (Fsp3) is 0.214. The van der Waals surface area contributed by atoms with Crippen molar-refractivity contribution in [3.63, 3.8) is 0 Å². The lowest BCUT2D eigenvalue weighted by Gasteiger charge is -2.18. The molecule has 4 heterocycles.